The van der Waals surface area contributed by atoms with E-state index in [1.54, 1.807) is 25.4 Å². The smallest absolute Gasteiger partial charge is 0.274 e. The molecule has 7 heteroatoms. The molecule has 0 aliphatic carbocycles. The van der Waals surface area contributed by atoms with Gasteiger partial charge in [-0.2, -0.15) is 0 Å². The molecule has 2 aromatic rings. The van der Waals surface area contributed by atoms with Crippen molar-refractivity contribution in [1.82, 2.24) is 9.97 Å². The number of aryl methyl sites for hydroxylation is 1. The summed E-state index contributed by atoms with van der Waals surface area (Å²) in [6, 6.07) is 3.24. The first-order valence-corrected chi connectivity index (χ1v) is 6.29. The maximum Gasteiger partial charge on any atom is 0.274 e. The Hall–Kier alpha value is -2.02. The summed E-state index contributed by atoms with van der Waals surface area (Å²) in [5.41, 5.74) is 2.28. The lowest BCUT2D eigenvalue weighted by Crippen LogP contribution is -2.02. The number of nitro benzene ring substituents is 1. The van der Waals surface area contributed by atoms with Gasteiger partial charge in [-0.25, -0.2) is 9.97 Å². The molecule has 0 bridgehead atoms. The highest BCUT2D eigenvalue weighted by Crippen LogP contribution is 2.30. The predicted molar refractivity (Wildman–Crippen MR) is 74.9 cm³/mol. The van der Waals surface area contributed by atoms with Crippen molar-refractivity contribution in [3.05, 3.63) is 56.6 Å². The van der Waals surface area contributed by atoms with Gasteiger partial charge in [-0.1, -0.05) is 0 Å². The number of halogens is 1. The lowest BCUT2D eigenvalue weighted by molar-refractivity contribution is -0.385. The van der Waals surface area contributed by atoms with Crippen molar-refractivity contribution in [3.63, 3.8) is 0 Å². The average molecular weight is 323 g/mol. The zero-order chi connectivity index (χ0) is 13.8. The molecule has 0 unspecified atom stereocenters. The highest BCUT2D eigenvalue weighted by molar-refractivity contribution is 9.10. The topological polar surface area (TPSA) is 81.0 Å². The van der Waals surface area contributed by atoms with Gasteiger partial charge < -0.3 is 5.32 Å². The van der Waals surface area contributed by atoms with E-state index in [4.69, 9.17) is 0 Å². The molecule has 6 nitrogen and oxygen atoms in total. The predicted octanol–water partition coefficient (Wildman–Crippen LogP) is 3.07. The number of nitrogens with one attached hydrogen (secondary N) is 1. The van der Waals surface area contributed by atoms with Crippen LogP contribution in [0.4, 0.5) is 11.4 Å². The van der Waals surface area contributed by atoms with E-state index in [1.807, 2.05) is 0 Å². The molecule has 0 saturated heterocycles. The fourth-order valence-corrected chi connectivity index (χ4v) is 2.21. The Bertz CT molecular complexity index is 604. The summed E-state index contributed by atoms with van der Waals surface area (Å²) in [5, 5.41) is 14.0. The zero-order valence-corrected chi connectivity index (χ0v) is 11.7. The van der Waals surface area contributed by atoms with E-state index in [2.05, 4.69) is 31.2 Å². The Labute approximate surface area is 118 Å². The monoisotopic (exact) mass is 322 g/mol. The number of nitrogens with zero attached hydrogens (tertiary/aromatic N) is 3. The Morgan fingerprint density at radius 3 is 2.68 bits per heavy atom. The first kappa shape index (κ1) is 13.4. The Balaban J connectivity index is 2.21. The molecule has 0 spiro atoms. The van der Waals surface area contributed by atoms with Crippen molar-refractivity contribution in [2.75, 3.05) is 5.32 Å². The number of hydrogen-bond acceptors (Lipinski definition) is 5. The fourth-order valence-electron chi connectivity index (χ4n) is 1.61. The van der Waals surface area contributed by atoms with Gasteiger partial charge >= 0.3 is 0 Å². The van der Waals surface area contributed by atoms with Crippen molar-refractivity contribution in [2.24, 2.45) is 0 Å². The molecular weight excluding hydrogens is 312 g/mol. The number of nitro groups is 1. The maximum atomic E-state index is 10.9. The van der Waals surface area contributed by atoms with Crippen LogP contribution in [0.5, 0.6) is 0 Å². The van der Waals surface area contributed by atoms with Crippen molar-refractivity contribution < 1.29 is 4.92 Å². The summed E-state index contributed by atoms with van der Waals surface area (Å²) in [4.78, 5) is 18.3. The van der Waals surface area contributed by atoms with Gasteiger partial charge in [-0.3, -0.25) is 10.1 Å². The zero-order valence-electron chi connectivity index (χ0n) is 10.1. The molecule has 0 radical (unpaired) electrons. The van der Waals surface area contributed by atoms with Gasteiger partial charge in [0.15, 0.2) is 0 Å². The second kappa shape index (κ2) is 5.75. The van der Waals surface area contributed by atoms with Crippen LogP contribution in [0.25, 0.3) is 0 Å². The molecule has 0 amide bonds. The normalized spacial score (nSPS) is 10.2. The van der Waals surface area contributed by atoms with E-state index in [9.17, 15) is 10.1 Å². The van der Waals surface area contributed by atoms with Gasteiger partial charge in [0.05, 0.1) is 10.6 Å². The van der Waals surface area contributed by atoms with Crippen molar-refractivity contribution in [3.8, 4) is 0 Å². The van der Waals surface area contributed by atoms with Crippen LogP contribution < -0.4 is 5.32 Å². The molecule has 19 heavy (non-hydrogen) atoms. The quantitative estimate of drug-likeness (QED) is 0.691. The van der Waals surface area contributed by atoms with E-state index in [0.717, 1.165) is 10.0 Å². The minimum Gasteiger partial charge on any atom is -0.380 e. The summed E-state index contributed by atoms with van der Waals surface area (Å²) < 4.78 is 0.785. The number of rotatable bonds is 4. The molecule has 0 saturated carbocycles. The van der Waals surface area contributed by atoms with Crippen LogP contribution in [0.15, 0.2) is 35.3 Å². The summed E-state index contributed by atoms with van der Waals surface area (Å²) in [6.07, 6.45) is 4.84. The second-order valence-corrected chi connectivity index (χ2v) is 4.83. The largest absolute Gasteiger partial charge is 0.380 e. The minimum atomic E-state index is -0.390. The van der Waals surface area contributed by atoms with Crippen molar-refractivity contribution >= 4 is 27.3 Å². The lowest BCUT2D eigenvalue weighted by Gasteiger charge is -2.09. The van der Waals surface area contributed by atoms with Gasteiger partial charge in [-0.05, 0) is 28.9 Å². The molecule has 1 heterocycles. The third-order valence-corrected chi connectivity index (χ3v) is 3.24. The molecule has 1 N–H and O–H groups in total. The van der Waals surface area contributed by atoms with Crippen LogP contribution in [-0.4, -0.2) is 14.9 Å². The van der Waals surface area contributed by atoms with Gasteiger partial charge in [0.1, 0.15) is 6.33 Å². The number of anilines is 1. The first-order chi connectivity index (χ1) is 9.08. The van der Waals surface area contributed by atoms with Crippen LogP contribution in [-0.2, 0) is 6.54 Å². The third kappa shape index (κ3) is 3.25. The van der Waals surface area contributed by atoms with Crippen LogP contribution in [0.1, 0.15) is 11.1 Å². The van der Waals surface area contributed by atoms with E-state index in [-0.39, 0.29) is 5.69 Å². The van der Waals surface area contributed by atoms with E-state index >= 15 is 0 Å². The van der Waals surface area contributed by atoms with E-state index in [1.165, 1.54) is 12.4 Å². The molecule has 0 atom stereocenters. The van der Waals surface area contributed by atoms with Crippen molar-refractivity contribution in [2.45, 2.75) is 13.5 Å². The molecule has 0 aliphatic heterocycles. The summed E-state index contributed by atoms with van der Waals surface area (Å²) in [7, 11) is 0. The SMILES string of the molecule is Cc1cc(Br)c(NCc2cncnc2)cc1[N+](=O)[O-]. The summed E-state index contributed by atoms with van der Waals surface area (Å²) in [5.74, 6) is 0. The molecule has 1 aromatic heterocycles. The first-order valence-electron chi connectivity index (χ1n) is 5.50. The van der Waals surface area contributed by atoms with Crippen LogP contribution in [0.2, 0.25) is 0 Å². The Morgan fingerprint density at radius 2 is 2.05 bits per heavy atom. The van der Waals surface area contributed by atoms with Crippen LogP contribution in [0, 0.1) is 17.0 Å². The highest BCUT2D eigenvalue weighted by Gasteiger charge is 2.14. The number of hydrogen-bond donors (Lipinski definition) is 1. The summed E-state index contributed by atoms with van der Waals surface area (Å²) in [6.45, 7) is 2.21. The second-order valence-electron chi connectivity index (χ2n) is 3.98. The van der Waals surface area contributed by atoms with Gasteiger partial charge in [0, 0.05) is 40.6 Å². The fraction of sp³-hybridized carbons (Fsp3) is 0.167. The van der Waals surface area contributed by atoms with E-state index < -0.39 is 4.92 Å². The van der Waals surface area contributed by atoms with Crippen molar-refractivity contribution in [1.29, 1.82) is 0 Å². The van der Waals surface area contributed by atoms with E-state index in [0.29, 0.717) is 17.8 Å². The average Bonchev–Trinajstić information content (AvgIpc) is 2.38. The molecule has 0 fully saturated rings. The molecular formula is C12H11BrN4O2. The number of benzene rings is 1. The summed E-state index contributed by atoms with van der Waals surface area (Å²) >= 11 is 3.39. The Kier molecular flexibility index (Phi) is 4.06. The van der Waals surface area contributed by atoms with Crippen LogP contribution >= 0.6 is 15.9 Å². The standard InChI is InChI=1S/C12H11BrN4O2/c1-8-2-10(13)11(3-12(8)17(18)19)16-6-9-4-14-7-15-5-9/h2-5,7,16H,6H2,1H3. The molecule has 2 rings (SSSR count). The molecule has 1 aromatic carbocycles. The lowest BCUT2D eigenvalue weighted by atomic mass is 10.2. The highest BCUT2D eigenvalue weighted by atomic mass is 79.9. The minimum absolute atomic E-state index is 0.0926. The molecule has 0 aliphatic rings. The third-order valence-electron chi connectivity index (χ3n) is 2.58. The molecule has 98 valence electrons. The maximum absolute atomic E-state index is 10.9. The number of aromatic nitrogens is 2. The van der Waals surface area contributed by atoms with Gasteiger partial charge in [0.2, 0.25) is 0 Å². The van der Waals surface area contributed by atoms with Crippen LogP contribution in [0.3, 0.4) is 0 Å². The van der Waals surface area contributed by atoms with Gasteiger partial charge in [-0.15, -0.1) is 0 Å². The van der Waals surface area contributed by atoms with Gasteiger partial charge in [0.25, 0.3) is 5.69 Å². The Morgan fingerprint density at radius 1 is 1.37 bits per heavy atom.